The van der Waals surface area contributed by atoms with Gasteiger partial charge in [-0.3, -0.25) is 9.36 Å². The largest absolute Gasteiger partial charge is 0.368 e. The lowest BCUT2D eigenvalue weighted by Crippen LogP contribution is -2.25. The lowest BCUT2D eigenvalue weighted by molar-refractivity contribution is 0.475. The van der Waals surface area contributed by atoms with Gasteiger partial charge in [-0.25, -0.2) is 4.98 Å². The van der Waals surface area contributed by atoms with Gasteiger partial charge in [0.25, 0.3) is 5.56 Å². The molecule has 10 heteroatoms. The van der Waals surface area contributed by atoms with Gasteiger partial charge in [0.1, 0.15) is 5.82 Å². The first-order valence-corrected chi connectivity index (χ1v) is 10.5. The van der Waals surface area contributed by atoms with Crippen molar-refractivity contribution in [1.82, 2.24) is 24.5 Å². The predicted octanol–water partition coefficient (Wildman–Crippen LogP) is 2.94. The summed E-state index contributed by atoms with van der Waals surface area (Å²) in [6.07, 6.45) is 0. The monoisotopic (exact) mass is 463 g/mol. The Kier molecular flexibility index (Phi) is 6.19. The Morgan fingerprint density at radius 3 is 2.64 bits per heavy atom. The van der Waals surface area contributed by atoms with E-state index in [-0.39, 0.29) is 11.5 Å². The van der Waals surface area contributed by atoms with E-state index in [1.807, 2.05) is 32.3 Å². The molecule has 1 aromatic carbocycles. The van der Waals surface area contributed by atoms with Crippen molar-refractivity contribution in [3.63, 3.8) is 0 Å². The molecule has 0 bridgehead atoms. The molecule has 2 N–H and O–H groups in total. The number of benzene rings is 1. The van der Waals surface area contributed by atoms with Gasteiger partial charge in [0, 0.05) is 25.1 Å². The van der Waals surface area contributed by atoms with Gasteiger partial charge in [0.2, 0.25) is 11.9 Å². The molecule has 0 unspecified atom stereocenters. The van der Waals surface area contributed by atoms with E-state index in [4.69, 9.17) is 10.7 Å². The molecule has 3 aromatic rings. The Morgan fingerprint density at radius 2 is 1.96 bits per heavy atom. The van der Waals surface area contributed by atoms with Crippen LogP contribution in [0.2, 0.25) is 0 Å². The van der Waals surface area contributed by atoms with Crippen molar-refractivity contribution in [2.45, 2.75) is 31.3 Å². The Balaban J connectivity index is 2.00. The topological polar surface area (TPSA) is 103 Å². The number of hydrogen-bond donors (Lipinski definition) is 1. The van der Waals surface area contributed by atoms with Crippen molar-refractivity contribution in [2.24, 2.45) is 5.92 Å². The maximum absolute atomic E-state index is 13.1. The minimum Gasteiger partial charge on any atom is -0.368 e. The van der Waals surface area contributed by atoms with Crippen molar-refractivity contribution < 1.29 is 0 Å². The molecular formula is C18H22BrN7OS. The van der Waals surface area contributed by atoms with Crippen LogP contribution in [0.15, 0.2) is 32.6 Å². The van der Waals surface area contributed by atoms with Gasteiger partial charge in [0.05, 0.1) is 16.7 Å². The molecule has 8 nitrogen and oxygen atoms in total. The van der Waals surface area contributed by atoms with Gasteiger partial charge in [-0.1, -0.05) is 41.5 Å². The summed E-state index contributed by atoms with van der Waals surface area (Å²) in [7, 11) is 3.68. The second-order valence-corrected chi connectivity index (χ2v) is 8.82. The zero-order chi connectivity index (χ0) is 20.4. The third-order valence-electron chi connectivity index (χ3n) is 3.85. The minimum absolute atomic E-state index is 0.0494. The van der Waals surface area contributed by atoms with Gasteiger partial charge in [-0.05, 0) is 24.1 Å². The van der Waals surface area contributed by atoms with Crippen LogP contribution in [0.1, 0.15) is 19.7 Å². The van der Waals surface area contributed by atoms with E-state index < -0.39 is 0 Å². The Hall–Kier alpha value is -2.20. The summed E-state index contributed by atoms with van der Waals surface area (Å²) < 4.78 is 2.58. The van der Waals surface area contributed by atoms with Crippen LogP contribution in [0, 0.1) is 5.92 Å². The van der Waals surface area contributed by atoms with Crippen molar-refractivity contribution in [1.29, 1.82) is 0 Å². The molecule has 0 radical (unpaired) electrons. The van der Waals surface area contributed by atoms with Gasteiger partial charge < -0.3 is 10.6 Å². The van der Waals surface area contributed by atoms with E-state index in [9.17, 15) is 4.79 Å². The number of nitrogens with zero attached hydrogens (tertiary/aromatic N) is 6. The first kappa shape index (κ1) is 20.5. The number of rotatable bonds is 6. The summed E-state index contributed by atoms with van der Waals surface area (Å²) in [5.74, 6) is 1.95. The normalized spacial score (nSPS) is 11.4. The van der Waals surface area contributed by atoms with Gasteiger partial charge in [-0.2, -0.15) is 15.0 Å². The summed E-state index contributed by atoms with van der Waals surface area (Å²) in [6.45, 7) is 4.73. The van der Waals surface area contributed by atoms with E-state index in [0.717, 1.165) is 4.47 Å². The maximum Gasteiger partial charge on any atom is 0.262 e. The number of nitrogen functional groups attached to an aromatic ring is 1. The number of hydrogen-bond acceptors (Lipinski definition) is 8. The Bertz CT molecular complexity index is 1070. The lowest BCUT2D eigenvalue weighted by atomic mass is 10.2. The Labute approximate surface area is 175 Å². The van der Waals surface area contributed by atoms with Crippen molar-refractivity contribution in [2.75, 3.05) is 24.7 Å². The van der Waals surface area contributed by atoms with Crippen LogP contribution in [0.25, 0.3) is 10.9 Å². The first-order chi connectivity index (χ1) is 13.2. The molecule has 148 valence electrons. The molecule has 2 heterocycles. The molecule has 0 spiro atoms. The van der Waals surface area contributed by atoms with E-state index in [1.54, 1.807) is 9.47 Å². The highest BCUT2D eigenvalue weighted by molar-refractivity contribution is 9.10. The van der Waals surface area contributed by atoms with Crippen molar-refractivity contribution >= 4 is 50.5 Å². The third kappa shape index (κ3) is 4.61. The predicted molar refractivity (Wildman–Crippen MR) is 117 cm³/mol. The van der Waals surface area contributed by atoms with E-state index in [0.29, 0.717) is 46.0 Å². The fourth-order valence-electron chi connectivity index (χ4n) is 2.63. The molecule has 28 heavy (non-hydrogen) atoms. The van der Waals surface area contributed by atoms with E-state index >= 15 is 0 Å². The second-order valence-electron chi connectivity index (χ2n) is 6.96. The van der Waals surface area contributed by atoms with Crippen LogP contribution in [-0.4, -0.2) is 38.6 Å². The summed E-state index contributed by atoms with van der Waals surface area (Å²) in [5.41, 5.74) is 6.42. The average Bonchev–Trinajstić information content (AvgIpc) is 2.62. The molecule has 0 aliphatic carbocycles. The van der Waals surface area contributed by atoms with E-state index in [2.05, 4.69) is 44.7 Å². The van der Waals surface area contributed by atoms with Crippen LogP contribution < -0.4 is 16.2 Å². The summed E-state index contributed by atoms with van der Waals surface area (Å²) in [6, 6.07) is 5.54. The second kappa shape index (κ2) is 8.44. The number of thioether (sulfide) groups is 1. The highest BCUT2D eigenvalue weighted by Crippen LogP contribution is 2.24. The quantitative estimate of drug-likeness (QED) is 0.439. The number of halogens is 1. The van der Waals surface area contributed by atoms with E-state index in [1.165, 1.54) is 11.8 Å². The van der Waals surface area contributed by atoms with Crippen LogP contribution in [-0.2, 0) is 12.3 Å². The third-order valence-corrected chi connectivity index (χ3v) is 5.31. The van der Waals surface area contributed by atoms with Crippen LogP contribution >= 0.6 is 27.7 Å². The van der Waals surface area contributed by atoms with Crippen LogP contribution in [0.4, 0.5) is 11.9 Å². The highest BCUT2D eigenvalue weighted by Gasteiger charge is 2.15. The molecule has 2 aromatic heterocycles. The molecule has 0 saturated carbocycles. The molecule has 3 rings (SSSR count). The molecular weight excluding hydrogens is 442 g/mol. The molecule has 0 fully saturated rings. The van der Waals surface area contributed by atoms with Crippen molar-refractivity contribution in [3.05, 3.63) is 38.9 Å². The zero-order valence-corrected chi connectivity index (χ0v) is 18.6. The standard InChI is InChI=1S/C18H22BrN7OS/c1-10(2)8-26-15(27)12-7-11(19)5-6-13(12)21-18(26)28-9-14-22-16(20)24-17(23-14)25(3)4/h5-7,10H,8-9H2,1-4H3,(H2,20,22,23,24). The molecule has 0 aliphatic rings. The molecule has 0 atom stereocenters. The summed E-state index contributed by atoms with van der Waals surface area (Å²) in [4.78, 5) is 32.3. The summed E-state index contributed by atoms with van der Waals surface area (Å²) >= 11 is 4.85. The van der Waals surface area contributed by atoms with Crippen LogP contribution in [0.5, 0.6) is 0 Å². The number of nitrogens with two attached hydrogens (primary N) is 1. The maximum atomic E-state index is 13.1. The van der Waals surface area contributed by atoms with Gasteiger partial charge in [-0.15, -0.1) is 0 Å². The average molecular weight is 464 g/mol. The van der Waals surface area contributed by atoms with Crippen LogP contribution in [0.3, 0.4) is 0 Å². The Morgan fingerprint density at radius 1 is 1.21 bits per heavy atom. The number of anilines is 2. The minimum atomic E-state index is -0.0494. The van der Waals surface area contributed by atoms with Gasteiger partial charge >= 0.3 is 0 Å². The number of fused-ring (bicyclic) bond motifs is 1. The van der Waals surface area contributed by atoms with Crippen molar-refractivity contribution in [3.8, 4) is 0 Å². The molecule has 0 saturated heterocycles. The smallest absolute Gasteiger partial charge is 0.262 e. The molecule has 0 aliphatic heterocycles. The SMILES string of the molecule is CC(C)Cn1c(SCc2nc(N)nc(N(C)C)n2)nc2ccc(Br)cc2c1=O. The first-order valence-electron chi connectivity index (χ1n) is 8.75. The highest BCUT2D eigenvalue weighted by atomic mass is 79.9. The number of aromatic nitrogens is 5. The molecule has 0 amide bonds. The summed E-state index contributed by atoms with van der Waals surface area (Å²) in [5, 5.41) is 1.23. The fourth-order valence-corrected chi connectivity index (χ4v) is 3.85. The van der Waals surface area contributed by atoms with Gasteiger partial charge in [0.15, 0.2) is 5.16 Å². The fraction of sp³-hybridized carbons (Fsp3) is 0.389. The zero-order valence-electron chi connectivity index (χ0n) is 16.2. The lowest BCUT2D eigenvalue weighted by Gasteiger charge is -2.15.